The van der Waals surface area contributed by atoms with E-state index in [1.165, 1.54) is 9.75 Å². The van der Waals surface area contributed by atoms with Gasteiger partial charge < -0.3 is 0 Å². The fourth-order valence-corrected chi connectivity index (χ4v) is 2.92. The second-order valence-corrected chi connectivity index (χ2v) is 7.45. The van der Waals surface area contributed by atoms with Crippen molar-refractivity contribution in [3.8, 4) is 21.1 Å². The molecule has 0 atom stereocenters. The van der Waals surface area contributed by atoms with Gasteiger partial charge in [-0.25, -0.2) is 0 Å². The second-order valence-electron chi connectivity index (χ2n) is 4.54. The van der Waals surface area contributed by atoms with Gasteiger partial charge in [0.2, 0.25) is 0 Å². The molecule has 0 amide bonds. The molecule has 22 heavy (non-hydrogen) atoms. The molecule has 3 aromatic heterocycles. The van der Waals surface area contributed by atoms with Crippen LogP contribution in [0.5, 0.6) is 0 Å². The van der Waals surface area contributed by atoms with Crippen LogP contribution in [-0.4, -0.2) is 9.97 Å². The number of hydrogen-bond donors (Lipinski definition) is 0. The third kappa shape index (κ3) is 4.80. The Labute approximate surface area is 149 Å². The Morgan fingerprint density at radius 2 is 1.18 bits per heavy atom. The minimum absolute atomic E-state index is 0.194. The third-order valence-corrected chi connectivity index (χ3v) is 4.02. The number of thiophene rings is 1. The van der Waals surface area contributed by atoms with Crippen LogP contribution in [0.1, 0.15) is 11.4 Å². The van der Waals surface area contributed by atoms with Crippen LogP contribution in [0.4, 0.5) is 0 Å². The molecule has 0 fully saturated rings. The fourth-order valence-electron chi connectivity index (χ4n) is 1.97. The molecule has 0 bridgehead atoms. The molecule has 0 N–H and O–H groups in total. The quantitative estimate of drug-likeness (QED) is 0.510. The van der Waals surface area contributed by atoms with Crippen LogP contribution in [0.25, 0.3) is 21.1 Å². The topological polar surface area (TPSA) is 25.8 Å². The van der Waals surface area contributed by atoms with Crippen molar-refractivity contribution in [2.75, 3.05) is 0 Å². The van der Waals surface area contributed by atoms with Crippen molar-refractivity contribution in [3.63, 3.8) is 0 Å². The molecule has 116 valence electrons. The van der Waals surface area contributed by atoms with Gasteiger partial charge in [-0.05, 0) is 50.2 Å². The molecule has 0 spiro atoms. The standard InChI is InChI=1S/C16H14N2S.2ClH.Fe/c1-11-5-3-7-13(17-11)15-9-10-16(19-15)14-8-4-6-12(2)18-14;;;/h3-10H,1-2H3;2*1H;/q;;;+2/p-2. The molecular formula is C16H14Cl2FeN2S. The molecule has 6 heteroatoms. The van der Waals surface area contributed by atoms with E-state index in [-0.39, 0.29) is 13.1 Å². The number of aromatic nitrogens is 2. The van der Waals surface area contributed by atoms with E-state index in [4.69, 9.17) is 20.2 Å². The first kappa shape index (κ1) is 17.5. The minimum atomic E-state index is 0.194. The van der Waals surface area contributed by atoms with Gasteiger partial charge in [0.15, 0.2) is 0 Å². The maximum absolute atomic E-state index is 4.76. The van der Waals surface area contributed by atoms with Crippen LogP contribution in [0.3, 0.4) is 0 Å². The fraction of sp³-hybridized carbons (Fsp3) is 0.125. The first-order chi connectivity index (χ1) is 10.6. The van der Waals surface area contributed by atoms with E-state index >= 15 is 0 Å². The first-order valence-corrected chi connectivity index (χ1v) is 10.3. The van der Waals surface area contributed by atoms with E-state index in [0.717, 1.165) is 22.8 Å². The van der Waals surface area contributed by atoms with Crippen LogP contribution in [0.2, 0.25) is 0 Å². The van der Waals surface area contributed by atoms with Crippen molar-refractivity contribution in [1.82, 2.24) is 9.97 Å². The molecule has 0 unspecified atom stereocenters. The van der Waals surface area contributed by atoms with Crippen LogP contribution >= 0.6 is 31.5 Å². The van der Waals surface area contributed by atoms with Crippen molar-refractivity contribution >= 4 is 31.5 Å². The molecule has 3 heterocycles. The van der Waals surface area contributed by atoms with Gasteiger partial charge in [0.05, 0.1) is 21.1 Å². The van der Waals surface area contributed by atoms with Gasteiger partial charge in [0, 0.05) is 11.4 Å². The van der Waals surface area contributed by atoms with Crippen molar-refractivity contribution in [2.45, 2.75) is 13.8 Å². The molecule has 0 aliphatic carbocycles. The summed E-state index contributed by atoms with van der Waals surface area (Å²) in [5, 5.41) is 0. The zero-order chi connectivity index (χ0) is 15.9. The second kappa shape index (κ2) is 8.66. The summed E-state index contributed by atoms with van der Waals surface area (Å²) in [6, 6.07) is 16.4. The van der Waals surface area contributed by atoms with E-state index < -0.39 is 0 Å². The average Bonchev–Trinajstić information content (AvgIpc) is 2.98. The number of rotatable bonds is 2. The van der Waals surface area contributed by atoms with E-state index in [2.05, 4.69) is 22.1 Å². The van der Waals surface area contributed by atoms with Gasteiger partial charge in [-0.2, -0.15) is 0 Å². The number of aryl methyl sites for hydroxylation is 2. The van der Waals surface area contributed by atoms with Crippen LogP contribution in [0, 0.1) is 13.8 Å². The Balaban J connectivity index is 0.000000545. The van der Waals surface area contributed by atoms with Crippen molar-refractivity contribution < 1.29 is 13.1 Å². The van der Waals surface area contributed by atoms with E-state index in [0.29, 0.717) is 0 Å². The molecule has 0 aliphatic rings. The molecule has 0 aliphatic heterocycles. The molecule has 0 saturated heterocycles. The van der Waals surface area contributed by atoms with E-state index in [9.17, 15) is 0 Å². The Kier molecular flexibility index (Phi) is 6.87. The number of hydrogen-bond acceptors (Lipinski definition) is 3. The summed E-state index contributed by atoms with van der Waals surface area (Å²) in [5.41, 5.74) is 4.15. The average molecular weight is 393 g/mol. The Bertz CT molecular complexity index is 686. The molecular weight excluding hydrogens is 379 g/mol. The summed E-state index contributed by atoms with van der Waals surface area (Å²) in [7, 11) is 9.53. The van der Waals surface area contributed by atoms with Gasteiger partial charge in [0.25, 0.3) is 0 Å². The van der Waals surface area contributed by atoms with Gasteiger partial charge >= 0.3 is 33.3 Å². The summed E-state index contributed by atoms with van der Waals surface area (Å²) in [6.45, 7) is 4.03. The van der Waals surface area contributed by atoms with Crippen molar-refractivity contribution in [1.29, 1.82) is 0 Å². The van der Waals surface area contributed by atoms with Crippen LogP contribution < -0.4 is 0 Å². The monoisotopic (exact) mass is 392 g/mol. The zero-order valence-electron chi connectivity index (χ0n) is 12.0. The Morgan fingerprint density at radius 1 is 0.773 bits per heavy atom. The van der Waals surface area contributed by atoms with Gasteiger partial charge in [-0.1, -0.05) is 12.1 Å². The Hall–Kier alpha value is -0.901. The molecule has 2 nitrogen and oxygen atoms in total. The predicted octanol–water partition coefficient (Wildman–Crippen LogP) is 5.87. The van der Waals surface area contributed by atoms with E-state index in [1.807, 2.05) is 50.2 Å². The summed E-state index contributed by atoms with van der Waals surface area (Å²) in [5.74, 6) is 0. The summed E-state index contributed by atoms with van der Waals surface area (Å²) < 4.78 is 0. The van der Waals surface area contributed by atoms with Gasteiger partial charge in [-0.3, -0.25) is 9.97 Å². The van der Waals surface area contributed by atoms with Crippen LogP contribution in [-0.2, 0) is 13.1 Å². The normalized spacial score (nSPS) is 10.2. The third-order valence-electron chi connectivity index (χ3n) is 2.89. The predicted molar refractivity (Wildman–Crippen MR) is 92.0 cm³/mol. The van der Waals surface area contributed by atoms with Gasteiger partial charge in [0.1, 0.15) is 0 Å². The van der Waals surface area contributed by atoms with Gasteiger partial charge in [-0.15, -0.1) is 11.3 Å². The van der Waals surface area contributed by atoms with E-state index in [1.54, 1.807) is 11.3 Å². The molecule has 0 radical (unpaired) electrons. The number of nitrogens with zero attached hydrogens (tertiary/aromatic N) is 2. The molecule has 3 rings (SSSR count). The van der Waals surface area contributed by atoms with Crippen LogP contribution in [0.15, 0.2) is 48.5 Å². The van der Waals surface area contributed by atoms with Crippen molar-refractivity contribution in [3.05, 3.63) is 59.9 Å². The zero-order valence-corrected chi connectivity index (χ0v) is 15.5. The number of halogens is 2. The molecule has 0 saturated carbocycles. The van der Waals surface area contributed by atoms with Crippen molar-refractivity contribution in [2.24, 2.45) is 0 Å². The summed E-state index contributed by atoms with van der Waals surface area (Å²) in [4.78, 5) is 11.5. The molecule has 3 aromatic rings. The number of pyridine rings is 2. The SMILES string of the molecule is Cc1cccc(-c2ccc(-c3cccc(C)n3)s2)n1.[Cl][Fe][Cl]. The maximum atomic E-state index is 4.76. The summed E-state index contributed by atoms with van der Waals surface area (Å²) in [6.07, 6.45) is 0. The Morgan fingerprint density at radius 3 is 1.55 bits per heavy atom. The summed E-state index contributed by atoms with van der Waals surface area (Å²) >= 11 is 1.93. The molecule has 0 aromatic carbocycles. The first-order valence-electron chi connectivity index (χ1n) is 6.47.